The third-order valence-electron chi connectivity index (χ3n) is 3.34. The van der Waals surface area contributed by atoms with Crippen LogP contribution in [0.3, 0.4) is 0 Å². The molecule has 20 heavy (non-hydrogen) atoms. The Morgan fingerprint density at radius 2 is 2.35 bits per heavy atom. The highest BCUT2D eigenvalue weighted by molar-refractivity contribution is 5.95. The molecule has 2 aliphatic rings. The smallest absolute Gasteiger partial charge is 0.328 e. The Morgan fingerprint density at radius 1 is 1.45 bits per heavy atom. The van der Waals surface area contributed by atoms with Gasteiger partial charge in [-0.2, -0.15) is 5.10 Å². The van der Waals surface area contributed by atoms with E-state index < -0.39 is 0 Å². The van der Waals surface area contributed by atoms with Crippen molar-refractivity contribution in [3.63, 3.8) is 0 Å². The van der Waals surface area contributed by atoms with E-state index in [1.165, 1.54) is 4.90 Å². The van der Waals surface area contributed by atoms with E-state index in [4.69, 9.17) is 4.74 Å². The maximum Gasteiger partial charge on any atom is 0.328 e. The molecule has 4 amide bonds. The number of likely N-dealkylation sites (tertiary alicyclic amines) is 1. The molecule has 106 valence electrons. The van der Waals surface area contributed by atoms with Crippen molar-refractivity contribution < 1.29 is 14.3 Å². The molecule has 1 aromatic rings. The number of ether oxygens (including phenoxy) is 1. The number of carbonyl (C=O) groups is 2. The molecule has 1 aromatic heterocycles. The summed E-state index contributed by atoms with van der Waals surface area (Å²) in [5.41, 5.74) is 0. The second-order valence-electron chi connectivity index (χ2n) is 4.70. The summed E-state index contributed by atoms with van der Waals surface area (Å²) in [6, 6.07) is 2.89. The minimum Gasteiger partial charge on any atom is -0.471 e. The van der Waals surface area contributed by atoms with Crippen LogP contribution in [0, 0.1) is 0 Å². The van der Waals surface area contributed by atoms with Crippen molar-refractivity contribution in [1.82, 2.24) is 25.3 Å². The highest BCUT2D eigenvalue weighted by Crippen LogP contribution is 2.17. The second-order valence-corrected chi connectivity index (χ2v) is 4.70. The number of urea groups is 2. The van der Waals surface area contributed by atoms with Crippen LogP contribution in [0.25, 0.3) is 0 Å². The molecule has 1 atom stereocenters. The summed E-state index contributed by atoms with van der Waals surface area (Å²) in [7, 11) is 0. The van der Waals surface area contributed by atoms with Gasteiger partial charge in [0.15, 0.2) is 0 Å². The third kappa shape index (κ3) is 2.49. The predicted molar refractivity (Wildman–Crippen MR) is 68.1 cm³/mol. The van der Waals surface area contributed by atoms with Gasteiger partial charge in [0.25, 0.3) is 0 Å². The van der Waals surface area contributed by atoms with E-state index in [-0.39, 0.29) is 18.2 Å². The number of hydrogen-bond donors (Lipinski definition) is 1. The third-order valence-corrected chi connectivity index (χ3v) is 3.34. The van der Waals surface area contributed by atoms with Crippen molar-refractivity contribution in [3.8, 4) is 5.88 Å². The fourth-order valence-electron chi connectivity index (χ4n) is 2.34. The van der Waals surface area contributed by atoms with Crippen LogP contribution >= 0.6 is 0 Å². The summed E-state index contributed by atoms with van der Waals surface area (Å²) >= 11 is 0. The van der Waals surface area contributed by atoms with Crippen LogP contribution in [-0.4, -0.2) is 64.3 Å². The first-order valence-electron chi connectivity index (χ1n) is 6.52. The standard InChI is InChI=1S/C12H15N5O3/c18-11-13-5-7-17(11)12(19)16-6-3-9(8-16)20-10-2-1-4-14-15-10/h1-2,4,9H,3,5-8H2,(H,13,18)/t9-/m0/s1. The van der Waals surface area contributed by atoms with Gasteiger partial charge in [0.2, 0.25) is 5.88 Å². The molecular formula is C12H15N5O3. The van der Waals surface area contributed by atoms with E-state index in [1.54, 1.807) is 23.2 Å². The lowest BCUT2D eigenvalue weighted by Crippen LogP contribution is -2.44. The average Bonchev–Trinajstić information content (AvgIpc) is 3.08. The fraction of sp³-hybridized carbons (Fsp3) is 0.500. The topological polar surface area (TPSA) is 87.7 Å². The average molecular weight is 277 g/mol. The zero-order chi connectivity index (χ0) is 13.9. The zero-order valence-electron chi connectivity index (χ0n) is 10.9. The van der Waals surface area contributed by atoms with E-state index in [1.807, 2.05) is 0 Å². The Labute approximate surface area is 115 Å². The molecule has 2 aliphatic heterocycles. The van der Waals surface area contributed by atoms with Crippen molar-refractivity contribution in [2.45, 2.75) is 12.5 Å². The van der Waals surface area contributed by atoms with Gasteiger partial charge in [0.1, 0.15) is 6.10 Å². The Balaban J connectivity index is 1.57. The Kier molecular flexibility index (Phi) is 3.36. The van der Waals surface area contributed by atoms with Gasteiger partial charge in [-0.1, -0.05) is 0 Å². The molecule has 8 heteroatoms. The largest absolute Gasteiger partial charge is 0.471 e. The first-order valence-corrected chi connectivity index (χ1v) is 6.52. The predicted octanol–water partition coefficient (Wildman–Crippen LogP) is 0.0749. The van der Waals surface area contributed by atoms with Crippen LogP contribution in [0.5, 0.6) is 5.88 Å². The van der Waals surface area contributed by atoms with Crippen molar-refractivity contribution in [3.05, 3.63) is 18.3 Å². The number of aromatic nitrogens is 2. The Morgan fingerprint density at radius 3 is 3.05 bits per heavy atom. The summed E-state index contributed by atoms with van der Waals surface area (Å²) in [4.78, 5) is 26.5. The van der Waals surface area contributed by atoms with Gasteiger partial charge in [-0.25, -0.2) is 14.5 Å². The fourth-order valence-corrected chi connectivity index (χ4v) is 2.34. The van der Waals surface area contributed by atoms with Crippen molar-refractivity contribution in [1.29, 1.82) is 0 Å². The van der Waals surface area contributed by atoms with Gasteiger partial charge in [-0.15, -0.1) is 5.10 Å². The Bertz CT molecular complexity index is 509. The lowest BCUT2D eigenvalue weighted by atomic mass is 10.3. The molecule has 0 spiro atoms. The second kappa shape index (κ2) is 5.32. The summed E-state index contributed by atoms with van der Waals surface area (Å²) < 4.78 is 5.66. The minimum atomic E-state index is -0.326. The van der Waals surface area contributed by atoms with Gasteiger partial charge in [-0.3, -0.25) is 0 Å². The molecule has 0 unspecified atom stereocenters. The Hall–Kier alpha value is -2.38. The lowest BCUT2D eigenvalue weighted by molar-refractivity contribution is 0.160. The minimum absolute atomic E-state index is 0.110. The molecule has 0 radical (unpaired) electrons. The van der Waals surface area contributed by atoms with E-state index in [0.717, 1.165) is 6.42 Å². The SMILES string of the molecule is O=C1NCCN1C(=O)N1CC[C@H](Oc2cccnn2)C1. The maximum atomic E-state index is 12.2. The van der Waals surface area contributed by atoms with Crippen molar-refractivity contribution >= 4 is 12.1 Å². The van der Waals surface area contributed by atoms with Crippen LogP contribution < -0.4 is 10.1 Å². The highest BCUT2D eigenvalue weighted by atomic mass is 16.5. The van der Waals surface area contributed by atoms with Crippen molar-refractivity contribution in [2.24, 2.45) is 0 Å². The number of nitrogens with one attached hydrogen (secondary N) is 1. The molecule has 0 bridgehead atoms. The summed E-state index contributed by atoms with van der Waals surface area (Å²) in [6.45, 7) is 1.97. The zero-order valence-corrected chi connectivity index (χ0v) is 10.9. The van der Waals surface area contributed by atoms with Gasteiger partial charge in [0, 0.05) is 38.3 Å². The molecule has 0 aliphatic carbocycles. The molecule has 0 aromatic carbocycles. The summed E-state index contributed by atoms with van der Waals surface area (Å²) in [6.07, 6.45) is 2.18. The van der Waals surface area contributed by atoms with E-state index >= 15 is 0 Å². The van der Waals surface area contributed by atoms with Crippen LogP contribution in [0.1, 0.15) is 6.42 Å². The summed E-state index contributed by atoms with van der Waals surface area (Å²) in [5, 5.41) is 10.2. The highest BCUT2D eigenvalue weighted by Gasteiger charge is 2.35. The molecule has 2 fully saturated rings. The first kappa shape index (κ1) is 12.6. The van der Waals surface area contributed by atoms with Gasteiger partial charge >= 0.3 is 12.1 Å². The normalized spacial score (nSPS) is 22.0. The van der Waals surface area contributed by atoms with Gasteiger partial charge < -0.3 is 15.0 Å². The van der Waals surface area contributed by atoms with E-state index in [0.29, 0.717) is 32.1 Å². The molecule has 2 saturated heterocycles. The summed E-state index contributed by atoms with van der Waals surface area (Å²) in [5.74, 6) is 0.450. The van der Waals surface area contributed by atoms with Crippen LogP contribution in [-0.2, 0) is 0 Å². The maximum absolute atomic E-state index is 12.2. The van der Waals surface area contributed by atoms with E-state index in [2.05, 4.69) is 15.5 Å². The van der Waals surface area contributed by atoms with Gasteiger partial charge in [0.05, 0.1) is 6.54 Å². The number of rotatable bonds is 2. The molecule has 1 N–H and O–H groups in total. The van der Waals surface area contributed by atoms with Crippen LogP contribution in [0.2, 0.25) is 0 Å². The van der Waals surface area contributed by atoms with Crippen LogP contribution in [0.4, 0.5) is 9.59 Å². The van der Waals surface area contributed by atoms with Crippen LogP contribution in [0.15, 0.2) is 18.3 Å². The monoisotopic (exact) mass is 277 g/mol. The first-order chi connectivity index (χ1) is 9.74. The molecular weight excluding hydrogens is 262 g/mol. The van der Waals surface area contributed by atoms with Crippen molar-refractivity contribution in [2.75, 3.05) is 26.2 Å². The lowest BCUT2D eigenvalue weighted by Gasteiger charge is -2.21. The van der Waals surface area contributed by atoms with E-state index in [9.17, 15) is 9.59 Å². The quantitative estimate of drug-likeness (QED) is 0.826. The molecule has 3 rings (SSSR count). The number of hydrogen-bond acceptors (Lipinski definition) is 5. The number of nitrogens with zero attached hydrogens (tertiary/aromatic N) is 4. The number of carbonyl (C=O) groups excluding carboxylic acids is 2. The number of amides is 4. The molecule has 8 nitrogen and oxygen atoms in total. The number of imide groups is 1. The molecule has 0 saturated carbocycles. The van der Waals surface area contributed by atoms with Gasteiger partial charge in [-0.05, 0) is 6.07 Å². The molecule has 3 heterocycles.